The molecule has 4 rings (SSSR count). The minimum atomic E-state index is -0.483. The molecule has 1 aromatic carbocycles. The first kappa shape index (κ1) is 19.9. The van der Waals surface area contributed by atoms with Crippen molar-refractivity contribution in [2.24, 2.45) is 5.41 Å². The van der Waals surface area contributed by atoms with Crippen molar-refractivity contribution in [2.45, 2.75) is 52.6 Å². The van der Waals surface area contributed by atoms with E-state index in [2.05, 4.69) is 18.0 Å². The van der Waals surface area contributed by atoms with Crippen molar-refractivity contribution in [1.82, 2.24) is 4.98 Å². The van der Waals surface area contributed by atoms with E-state index in [1.807, 2.05) is 38.1 Å². The standard InChI is InChI=1S/C24H26N2O2S/c1-4-20(27)21-12-19-23(29-21)17(6-9-26-19)18-11-16(13-25)10-15(2)22(18)28-14-24(3)7-5-8-24/h6,9-12,20,27H,4-5,7-8,14H2,1-3H3. The average molecular weight is 407 g/mol. The molecule has 1 aliphatic carbocycles. The molecule has 2 heterocycles. The highest BCUT2D eigenvalue weighted by Crippen LogP contribution is 2.44. The average Bonchev–Trinajstić information content (AvgIpc) is 3.14. The lowest BCUT2D eigenvalue weighted by atomic mass is 9.71. The fourth-order valence-electron chi connectivity index (χ4n) is 3.94. The van der Waals surface area contributed by atoms with Crippen LogP contribution in [0.25, 0.3) is 21.3 Å². The number of aliphatic hydroxyl groups is 1. The number of benzene rings is 1. The zero-order chi connectivity index (χ0) is 20.6. The Balaban J connectivity index is 1.83. The van der Waals surface area contributed by atoms with E-state index in [-0.39, 0.29) is 5.41 Å². The number of hydrogen-bond acceptors (Lipinski definition) is 5. The predicted octanol–water partition coefficient (Wildman–Crippen LogP) is 6.16. The van der Waals surface area contributed by atoms with Crippen LogP contribution in [0.2, 0.25) is 0 Å². The molecule has 1 unspecified atom stereocenters. The van der Waals surface area contributed by atoms with Crippen molar-refractivity contribution >= 4 is 21.6 Å². The first-order chi connectivity index (χ1) is 13.9. The summed E-state index contributed by atoms with van der Waals surface area (Å²) >= 11 is 1.57. The lowest BCUT2D eigenvalue weighted by Gasteiger charge is -2.38. The molecular weight excluding hydrogens is 380 g/mol. The van der Waals surface area contributed by atoms with Crippen LogP contribution in [-0.2, 0) is 0 Å². The van der Waals surface area contributed by atoms with Gasteiger partial charge in [0.15, 0.2) is 0 Å². The third-order valence-corrected chi connectivity index (χ3v) is 7.22. The lowest BCUT2D eigenvalue weighted by molar-refractivity contribution is 0.0775. The number of pyridine rings is 1. The Morgan fingerprint density at radius 2 is 2.10 bits per heavy atom. The summed E-state index contributed by atoms with van der Waals surface area (Å²) in [6.07, 6.45) is 5.63. The number of aliphatic hydroxyl groups excluding tert-OH is 1. The summed E-state index contributed by atoms with van der Waals surface area (Å²) < 4.78 is 7.40. The molecule has 0 amide bonds. The largest absolute Gasteiger partial charge is 0.492 e. The predicted molar refractivity (Wildman–Crippen MR) is 117 cm³/mol. The monoisotopic (exact) mass is 406 g/mol. The quantitative estimate of drug-likeness (QED) is 0.533. The molecule has 0 spiro atoms. The van der Waals surface area contributed by atoms with Gasteiger partial charge in [-0.1, -0.05) is 20.3 Å². The zero-order valence-electron chi connectivity index (χ0n) is 17.2. The van der Waals surface area contributed by atoms with Crippen molar-refractivity contribution in [2.75, 3.05) is 6.61 Å². The summed E-state index contributed by atoms with van der Waals surface area (Å²) in [5.41, 5.74) is 4.63. The van der Waals surface area contributed by atoms with E-state index >= 15 is 0 Å². The van der Waals surface area contributed by atoms with Gasteiger partial charge >= 0.3 is 0 Å². The van der Waals surface area contributed by atoms with E-state index in [4.69, 9.17) is 4.74 Å². The molecule has 2 aromatic heterocycles. The Morgan fingerprint density at radius 1 is 1.31 bits per heavy atom. The molecule has 1 atom stereocenters. The Labute approximate surface area is 175 Å². The molecule has 1 saturated carbocycles. The highest BCUT2D eigenvalue weighted by atomic mass is 32.1. The molecular formula is C24H26N2O2S. The second kappa shape index (κ2) is 7.78. The molecule has 150 valence electrons. The summed E-state index contributed by atoms with van der Waals surface area (Å²) in [4.78, 5) is 5.42. The first-order valence-electron chi connectivity index (χ1n) is 10.2. The second-order valence-electron chi connectivity index (χ2n) is 8.38. The van der Waals surface area contributed by atoms with Crippen molar-refractivity contribution in [3.05, 3.63) is 46.5 Å². The van der Waals surface area contributed by atoms with Gasteiger partial charge in [-0.25, -0.2) is 0 Å². The SMILES string of the molecule is CCC(O)c1cc2nccc(-c3cc(C#N)cc(C)c3OCC3(C)CCC3)c2s1. The fraction of sp³-hybridized carbons (Fsp3) is 0.417. The molecule has 0 radical (unpaired) electrons. The number of thiophene rings is 1. The van der Waals surface area contributed by atoms with E-state index in [0.29, 0.717) is 18.6 Å². The zero-order valence-corrected chi connectivity index (χ0v) is 18.0. The summed E-state index contributed by atoms with van der Waals surface area (Å²) in [6, 6.07) is 10.0. The third-order valence-electron chi connectivity index (χ3n) is 5.97. The van der Waals surface area contributed by atoms with Crippen LogP contribution in [0.5, 0.6) is 5.75 Å². The molecule has 5 heteroatoms. The van der Waals surface area contributed by atoms with Crippen LogP contribution in [0, 0.1) is 23.7 Å². The Kier molecular flexibility index (Phi) is 5.33. The molecule has 29 heavy (non-hydrogen) atoms. The summed E-state index contributed by atoms with van der Waals surface area (Å²) in [7, 11) is 0. The molecule has 0 aliphatic heterocycles. The van der Waals surface area contributed by atoms with Gasteiger partial charge in [-0.3, -0.25) is 4.98 Å². The molecule has 3 aromatic rings. The van der Waals surface area contributed by atoms with Crippen LogP contribution >= 0.6 is 11.3 Å². The number of fused-ring (bicyclic) bond motifs is 1. The van der Waals surface area contributed by atoms with Crippen LogP contribution in [0.4, 0.5) is 0 Å². The Bertz CT molecular complexity index is 1090. The van der Waals surface area contributed by atoms with Gasteiger partial charge in [0.1, 0.15) is 5.75 Å². The van der Waals surface area contributed by atoms with Crippen molar-refractivity contribution < 1.29 is 9.84 Å². The van der Waals surface area contributed by atoms with Gasteiger partial charge < -0.3 is 9.84 Å². The highest BCUT2D eigenvalue weighted by molar-refractivity contribution is 7.19. The topological polar surface area (TPSA) is 66.1 Å². The van der Waals surface area contributed by atoms with E-state index in [0.717, 1.165) is 37.5 Å². The fourth-order valence-corrected chi connectivity index (χ4v) is 5.15. The molecule has 0 bridgehead atoms. The number of rotatable bonds is 6. The van der Waals surface area contributed by atoms with Crippen molar-refractivity contribution in [3.63, 3.8) is 0 Å². The number of aromatic nitrogens is 1. The molecule has 1 fully saturated rings. The number of nitriles is 1. The van der Waals surface area contributed by atoms with E-state index in [1.54, 1.807) is 17.5 Å². The van der Waals surface area contributed by atoms with Crippen LogP contribution in [0.15, 0.2) is 30.5 Å². The van der Waals surface area contributed by atoms with Gasteiger partial charge in [-0.05, 0) is 56.0 Å². The molecule has 1 N–H and O–H groups in total. The number of hydrogen-bond donors (Lipinski definition) is 1. The van der Waals surface area contributed by atoms with Crippen LogP contribution in [-0.4, -0.2) is 16.7 Å². The molecule has 4 nitrogen and oxygen atoms in total. The maximum atomic E-state index is 10.3. The maximum Gasteiger partial charge on any atom is 0.130 e. The molecule has 1 aliphatic rings. The van der Waals surface area contributed by atoms with E-state index in [9.17, 15) is 10.4 Å². The Morgan fingerprint density at radius 3 is 2.76 bits per heavy atom. The highest BCUT2D eigenvalue weighted by Gasteiger charge is 2.33. The summed E-state index contributed by atoms with van der Waals surface area (Å²) in [6.45, 7) is 6.93. The van der Waals surface area contributed by atoms with Gasteiger partial charge in [0, 0.05) is 27.6 Å². The number of nitrogens with zero attached hydrogens (tertiary/aromatic N) is 2. The van der Waals surface area contributed by atoms with Gasteiger partial charge in [0.2, 0.25) is 0 Å². The van der Waals surface area contributed by atoms with E-state index in [1.165, 1.54) is 19.3 Å². The minimum absolute atomic E-state index is 0.243. The van der Waals surface area contributed by atoms with Gasteiger partial charge in [-0.15, -0.1) is 11.3 Å². The summed E-state index contributed by atoms with van der Waals surface area (Å²) in [5.74, 6) is 0.843. The Hall–Kier alpha value is -2.42. The number of aryl methyl sites for hydroxylation is 1. The second-order valence-corrected chi connectivity index (χ2v) is 9.46. The van der Waals surface area contributed by atoms with Crippen LogP contribution in [0.3, 0.4) is 0 Å². The first-order valence-corrected chi connectivity index (χ1v) is 11.0. The van der Waals surface area contributed by atoms with E-state index < -0.39 is 6.10 Å². The molecule has 0 saturated heterocycles. The summed E-state index contributed by atoms with van der Waals surface area (Å²) in [5, 5.41) is 19.8. The van der Waals surface area contributed by atoms with Gasteiger partial charge in [0.25, 0.3) is 0 Å². The van der Waals surface area contributed by atoms with Crippen molar-refractivity contribution in [3.8, 4) is 22.9 Å². The van der Waals surface area contributed by atoms with Crippen LogP contribution in [0.1, 0.15) is 61.6 Å². The maximum absolute atomic E-state index is 10.3. The normalized spacial score (nSPS) is 16.2. The van der Waals surface area contributed by atoms with Crippen molar-refractivity contribution in [1.29, 1.82) is 5.26 Å². The third kappa shape index (κ3) is 3.75. The van der Waals surface area contributed by atoms with Crippen LogP contribution < -0.4 is 4.74 Å². The van der Waals surface area contributed by atoms with Gasteiger partial charge in [0.05, 0.1) is 34.6 Å². The smallest absolute Gasteiger partial charge is 0.130 e. The number of ether oxygens (including phenoxy) is 1. The lowest BCUT2D eigenvalue weighted by Crippen LogP contribution is -2.32. The van der Waals surface area contributed by atoms with Gasteiger partial charge in [-0.2, -0.15) is 5.26 Å². The minimum Gasteiger partial charge on any atom is -0.492 e.